The molecule has 0 amide bonds. The van der Waals surface area contributed by atoms with E-state index in [-0.39, 0.29) is 11.7 Å². The highest BCUT2D eigenvalue weighted by atomic mass is 32.2. The number of rotatable bonds is 3. The van der Waals surface area contributed by atoms with Gasteiger partial charge in [0.1, 0.15) is 11.6 Å². The van der Waals surface area contributed by atoms with Gasteiger partial charge in [0.05, 0.1) is 0 Å². The van der Waals surface area contributed by atoms with Crippen molar-refractivity contribution in [1.82, 2.24) is 4.72 Å². The molecule has 4 nitrogen and oxygen atoms in total. The Morgan fingerprint density at radius 1 is 1.21 bits per heavy atom. The number of hydrogen-bond acceptors (Lipinski definition) is 3. The van der Waals surface area contributed by atoms with E-state index in [2.05, 4.69) is 4.72 Å². The summed E-state index contributed by atoms with van der Waals surface area (Å²) in [6, 6.07) is 1.24. The van der Waals surface area contributed by atoms with E-state index in [9.17, 15) is 17.2 Å². The van der Waals surface area contributed by atoms with Gasteiger partial charge in [0, 0.05) is 11.7 Å². The van der Waals surface area contributed by atoms with Gasteiger partial charge >= 0.3 is 0 Å². The van der Waals surface area contributed by atoms with Crippen LogP contribution in [-0.4, -0.2) is 14.5 Å². The molecule has 0 radical (unpaired) electrons. The van der Waals surface area contributed by atoms with Crippen molar-refractivity contribution in [2.24, 2.45) is 0 Å². The first-order valence-electron chi connectivity index (χ1n) is 5.82. The predicted molar refractivity (Wildman–Crippen MR) is 67.9 cm³/mol. The third-order valence-corrected chi connectivity index (χ3v) is 4.45. The van der Waals surface area contributed by atoms with Crippen LogP contribution in [-0.2, 0) is 10.0 Å². The molecule has 0 heterocycles. The third kappa shape index (κ3) is 3.10. The maximum atomic E-state index is 13.6. The molecule has 3 N–H and O–H groups in total. The highest BCUT2D eigenvalue weighted by molar-refractivity contribution is 7.89. The molecule has 7 heteroatoms. The lowest BCUT2D eigenvalue weighted by Gasteiger charge is -2.19. The Balaban J connectivity index is 2.32. The molecule has 0 bridgehead atoms. The molecule has 2 rings (SSSR count). The number of sulfonamides is 1. The van der Waals surface area contributed by atoms with E-state index in [1.165, 1.54) is 0 Å². The van der Waals surface area contributed by atoms with Crippen LogP contribution in [0, 0.1) is 11.6 Å². The van der Waals surface area contributed by atoms with Crippen molar-refractivity contribution >= 4 is 15.7 Å². The van der Waals surface area contributed by atoms with E-state index in [4.69, 9.17) is 5.73 Å². The molecule has 0 saturated carbocycles. The summed E-state index contributed by atoms with van der Waals surface area (Å²) in [6.45, 7) is 0. The Morgan fingerprint density at radius 3 is 2.37 bits per heavy atom. The van der Waals surface area contributed by atoms with Crippen molar-refractivity contribution in [3.8, 4) is 0 Å². The van der Waals surface area contributed by atoms with Crippen molar-refractivity contribution in [3.05, 3.63) is 35.9 Å². The second-order valence-electron chi connectivity index (χ2n) is 4.42. The Bertz CT molecular complexity index is 591. The fourth-order valence-electron chi connectivity index (χ4n) is 2.02. The molecule has 104 valence electrons. The normalized spacial score (nSPS) is 19.6. The number of anilines is 1. The first-order valence-corrected chi connectivity index (χ1v) is 7.30. The van der Waals surface area contributed by atoms with Gasteiger partial charge in [-0.2, -0.15) is 0 Å². The van der Waals surface area contributed by atoms with Crippen molar-refractivity contribution in [3.63, 3.8) is 0 Å². The Morgan fingerprint density at radius 2 is 1.84 bits per heavy atom. The van der Waals surface area contributed by atoms with Gasteiger partial charge < -0.3 is 5.73 Å². The minimum Gasteiger partial charge on any atom is -0.399 e. The molecule has 1 aromatic rings. The van der Waals surface area contributed by atoms with E-state index in [1.807, 2.05) is 12.2 Å². The van der Waals surface area contributed by atoms with Crippen LogP contribution in [0.1, 0.15) is 19.3 Å². The van der Waals surface area contributed by atoms with E-state index in [0.717, 1.165) is 18.6 Å². The van der Waals surface area contributed by atoms with Gasteiger partial charge in [-0.05, 0) is 31.4 Å². The number of allylic oxidation sites excluding steroid dienone is 1. The summed E-state index contributed by atoms with van der Waals surface area (Å²) >= 11 is 0. The van der Waals surface area contributed by atoms with Crippen LogP contribution in [0.4, 0.5) is 14.5 Å². The van der Waals surface area contributed by atoms with Gasteiger partial charge in [0.2, 0.25) is 10.0 Å². The SMILES string of the molecule is Nc1cc(F)c(S(=O)(=O)NC2CC=CCC2)c(F)c1. The van der Waals surface area contributed by atoms with E-state index < -0.39 is 26.6 Å². The molecule has 1 unspecified atom stereocenters. The van der Waals surface area contributed by atoms with Crippen molar-refractivity contribution < 1.29 is 17.2 Å². The molecular weight excluding hydrogens is 274 g/mol. The minimum atomic E-state index is -4.23. The summed E-state index contributed by atoms with van der Waals surface area (Å²) in [7, 11) is -4.23. The Kier molecular flexibility index (Phi) is 3.86. The maximum absolute atomic E-state index is 13.6. The van der Waals surface area contributed by atoms with Gasteiger partial charge in [-0.3, -0.25) is 0 Å². The minimum absolute atomic E-state index is 0.158. The maximum Gasteiger partial charge on any atom is 0.246 e. The first kappa shape index (κ1) is 14.0. The first-order chi connectivity index (χ1) is 8.90. The Labute approximate surface area is 110 Å². The molecule has 19 heavy (non-hydrogen) atoms. The van der Waals surface area contributed by atoms with Crippen molar-refractivity contribution in [2.45, 2.75) is 30.2 Å². The second kappa shape index (κ2) is 5.26. The highest BCUT2D eigenvalue weighted by Crippen LogP contribution is 2.23. The summed E-state index contributed by atoms with van der Waals surface area (Å²) in [5.41, 5.74) is 5.09. The fourth-order valence-corrected chi connectivity index (χ4v) is 3.42. The monoisotopic (exact) mass is 288 g/mol. The number of hydrogen-bond donors (Lipinski definition) is 2. The molecule has 0 fully saturated rings. The van der Waals surface area contributed by atoms with E-state index >= 15 is 0 Å². The molecule has 0 aromatic heterocycles. The topological polar surface area (TPSA) is 72.2 Å². The van der Waals surface area contributed by atoms with Gasteiger partial charge in [-0.1, -0.05) is 12.2 Å². The fraction of sp³-hybridized carbons (Fsp3) is 0.333. The van der Waals surface area contributed by atoms with Crippen LogP contribution >= 0.6 is 0 Å². The molecule has 0 aliphatic heterocycles. The van der Waals surface area contributed by atoms with Crippen LogP contribution in [0.5, 0.6) is 0 Å². The second-order valence-corrected chi connectivity index (χ2v) is 6.07. The Hall–Kier alpha value is -1.47. The lowest BCUT2D eigenvalue weighted by Crippen LogP contribution is -2.36. The largest absolute Gasteiger partial charge is 0.399 e. The van der Waals surface area contributed by atoms with Crippen LogP contribution in [0.25, 0.3) is 0 Å². The van der Waals surface area contributed by atoms with Crippen molar-refractivity contribution in [1.29, 1.82) is 0 Å². The van der Waals surface area contributed by atoms with Crippen LogP contribution in [0.2, 0.25) is 0 Å². The third-order valence-electron chi connectivity index (χ3n) is 2.88. The van der Waals surface area contributed by atoms with Gasteiger partial charge in [-0.15, -0.1) is 0 Å². The van der Waals surface area contributed by atoms with Gasteiger partial charge in [0.15, 0.2) is 4.90 Å². The highest BCUT2D eigenvalue weighted by Gasteiger charge is 2.27. The summed E-state index contributed by atoms with van der Waals surface area (Å²) < 4.78 is 53.5. The summed E-state index contributed by atoms with van der Waals surface area (Å²) in [6.07, 6.45) is 5.63. The zero-order valence-electron chi connectivity index (χ0n) is 10.1. The quantitative estimate of drug-likeness (QED) is 0.659. The zero-order valence-corrected chi connectivity index (χ0v) is 10.9. The van der Waals surface area contributed by atoms with E-state index in [1.54, 1.807) is 0 Å². The summed E-state index contributed by atoms with van der Waals surface area (Å²) in [5.74, 6) is -2.37. The number of halogens is 2. The van der Waals surface area contributed by atoms with Crippen LogP contribution < -0.4 is 10.5 Å². The molecule has 0 spiro atoms. The van der Waals surface area contributed by atoms with Crippen molar-refractivity contribution in [2.75, 3.05) is 5.73 Å². The number of nitrogens with one attached hydrogen (secondary N) is 1. The molecule has 1 atom stereocenters. The van der Waals surface area contributed by atoms with Crippen LogP contribution in [0.3, 0.4) is 0 Å². The predicted octanol–water partition coefficient (Wildman–Crippen LogP) is 1.93. The number of benzene rings is 1. The summed E-state index contributed by atoms with van der Waals surface area (Å²) in [4.78, 5) is -0.976. The van der Waals surface area contributed by atoms with Gasteiger partial charge in [-0.25, -0.2) is 21.9 Å². The smallest absolute Gasteiger partial charge is 0.246 e. The van der Waals surface area contributed by atoms with Gasteiger partial charge in [0.25, 0.3) is 0 Å². The van der Waals surface area contributed by atoms with E-state index in [0.29, 0.717) is 12.8 Å². The summed E-state index contributed by atoms with van der Waals surface area (Å²) in [5, 5.41) is 0. The molecule has 0 saturated heterocycles. The molecule has 1 aromatic carbocycles. The standard InChI is InChI=1S/C12H14F2N2O2S/c13-10-6-8(15)7-11(14)12(10)19(17,18)16-9-4-2-1-3-5-9/h1-2,6-7,9,16H,3-5,15H2. The number of nitrogen functional groups attached to an aromatic ring is 1. The lowest BCUT2D eigenvalue weighted by molar-refractivity contribution is 0.494. The zero-order chi connectivity index (χ0) is 14.0. The average Bonchev–Trinajstić information content (AvgIpc) is 2.27. The number of nitrogens with two attached hydrogens (primary N) is 1. The molecular formula is C12H14F2N2O2S. The average molecular weight is 288 g/mol. The molecule has 1 aliphatic rings. The van der Waals surface area contributed by atoms with Crippen LogP contribution in [0.15, 0.2) is 29.2 Å². The lowest BCUT2D eigenvalue weighted by atomic mass is 10.0. The molecule has 1 aliphatic carbocycles.